The molecule has 6 heteroatoms. The third kappa shape index (κ3) is 4.39. The molecule has 1 heterocycles. The molecule has 4 nitrogen and oxygen atoms in total. The maximum atomic E-state index is 13.2. The summed E-state index contributed by atoms with van der Waals surface area (Å²) in [5.41, 5.74) is 4.67. The van der Waals surface area contributed by atoms with Gasteiger partial charge in [0.1, 0.15) is 17.5 Å². The molecular weight excluding hydrogens is 389 g/mol. The quantitative estimate of drug-likeness (QED) is 0.442. The highest BCUT2D eigenvalue weighted by molar-refractivity contribution is 6.31. The van der Waals surface area contributed by atoms with Crippen LogP contribution in [0, 0.1) is 37.9 Å². The Morgan fingerprint density at radius 3 is 2.45 bits per heavy atom. The summed E-state index contributed by atoms with van der Waals surface area (Å²) in [6.45, 7) is 5.66. The van der Waals surface area contributed by atoms with Gasteiger partial charge in [0.05, 0.1) is 0 Å². The number of benzene rings is 2. The van der Waals surface area contributed by atoms with Crippen LogP contribution in [0.15, 0.2) is 54.1 Å². The highest BCUT2D eigenvalue weighted by atomic mass is 35.5. The molecule has 3 aromatic rings. The van der Waals surface area contributed by atoms with Crippen LogP contribution in [0.2, 0.25) is 5.02 Å². The average molecular weight is 408 g/mol. The molecule has 3 rings (SSSR count). The number of aromatic nitrogens is 1. The predicted octanol–water partition coefficient (Wildman–Crippen LogP) is 5.74. The van der Waals surface area contributed by atoms with Crippen molar-refractivity contribution in [3.05, 3.63) is 87.5 Å². The van der Waals surface area contributed by atoms with Crippen LogP contribution in [0.3, 0.4) is 0 Å². The first-order valence-electron chi connectivity index (χ1n) is 8.94. The molecule has 0 radical (unpaired) electrons. The van der Waals surface area contributed by atoms with Gasteiger partial charge in [0.15, 0.2) is 0 Å². The number of nitrogens with zero attached hydrogens (tertiary/aromatic N) is 2. The van der Waals surface area contributed by atoms with Crippen molar-refractivity contribution in [3.63, 3.8) is 0 Å². The molecule has 0 fully saturated rings. The zero-order chi connectivity index (χ0) is 21.1. The Kier molecular flexibility index (Phi) is 5.86. The molecule has 1 amide bonds. The lowest BCUT2D eigenvalue weighted by atomic mass is 10.1. The first-order valence-corrected chi connectivity index (χ1v) is 9.32. The maximum absolute atomic E-state index is 13.2. The van der Waals surface area contributed by atoms with E-state index in [1.54, 1.807) is 36.4 Å². The van der Waals surface area contributed by atoms with E-state index in [-0.39, 0.29) is 11.4 Å². The van der Waals surface area contributed by atoms with Crippen molar-refractivity contribution in [1.82, 2.24) is 4.57 Å². The molecule has 0 aliphatic rings. The van der Waals surface area contributed by atoms with Crippen LogP contribution in [0.4, 0.5) is 10.1 Å². The molecule has 0 saturated heterocycles. The van der Waals surface area contributed by atoms with E-state index in [0.717, 1.165) is 28.2 Å². The lowest BCUT2D eigenvalue weighted by Gasteiger charge is -2.09. The van der Waals surface area contributed by atoms with E-state index in [1.165, 1.54) is 12.1 Å². The van der Waals surface area contributed by atoms with Crippen LogP contribution in [-0.4, -0.2) is 10.5 Å². The second-order valence-electron chi connectivity index (χ2n) is 6.73. The van der Waals surface area contributed by atoms with E-state index in [9.17, 15) is 14.4 Å². The summed E-state index contributed by atoms with van der Waals surface area (Å²) in [5.74, 6) is -0.824. The number of aryl methyl sites for hydroxylation is 2. The average Bonchev–Trinajstić information content (AvgIpc) is 2.96. The number of halogens is 2. The molecule has 0 bridgehead atoms. The summed E-state index contributed by atoms with van der Waals surface area (Å²) in [7, 11) is 0. The standard InChI is InChI=1S/C23H19ClFN3O/c1-14-4-7-20(12-22(14)24)27-23(29)18(13-26)11-17-10-15(2)28(16(17)3)21-8-5-19(25)6-9-21/h4-12H,1-3H3,(H,27,29)/b18-11+. The molecule has 1 N–H and O–H groups in total. The Morgan fingerprint density at radius 1 is 1.14 bits per heavy atom. The molecule has 0 spiro atoms. The van der Waals surface area contributed by atoms with E-state index in [4.69, 9.17) is 11.6 Å². The Hall–Kier alpha value is -3.36. The van der Waals surface area contributed by atoms with Gasteiger partial charge in [-0.15, -0.1) is 0 Å². The number of hydrogen-bond acceptors (Lipinski definition) is 2. The Bertz CT molecular complexity index is 1150. The zero-order valence-corrected chi connectivity index (χ0v) is 17.0. The van der Waals surface area contributed by atoms with Crippen LogP contribution >= 0.6 is 11.6 Å². The topological polar surface area (TPSA) is 57.8 Å². The molecule has 29 heavy (non-hydrogen) atoms. The van der Waals surface area contributed by atoms with Crippen molar-refractivity contribution in [3.8, 4) is 11.8 Å². The number of carbonyl (C=O) groups is 1. The first kappa shape index (κ1) is 20.4. The van der Waals surface area contributed by atoms with Crippen LogP contribution in [0.1, 0.15) is 22.5 Å². The van der Waals surface area contributed by atoms with Gasteiger partial charge in [-0.1, -0.05) is 17.7 Å². The van der Waals surface area contributed by atoms with Crippen LogP contribution in [0.5, 0.6) is 0 Å². The summed E-state index contributed by atoms with van der Waals surface area (Å²) in [4.78, 5) is 12.6. The van der Waals surface area contributed by atoms with Crippen molar-refractivity contribution in [1.29, 1.82) is 5.26 Å². The molecule has 0 aliphatic heterocycles. The number of anilines is 1. The second-order valence-corrected chi connectivity index (χ2v) is 7.13. The van der Waals surface area contributed by atoms with Gasteiger partial charge >= 0.3 is 0 Å². The fourth-order valence-corrected chi connectivity index (χ4v) is 3.27. The Labute approximate surface area is 173 Å². The van der Waals surface area contributed by atoms with Gasteiger partial charge < -0.3 is 9.88 Å². The van der Waals surface area contributed by atoms with Crippen LogP contribution < -0.4 is 5.32 Å². The van der Waals surface area contributed by atoms with E-state index in [1.807, 2.05) is 37.5 Å². The second kappa shape index (κ2) is 8.34. The lowest BCUT2D eigenvalue weighted by molar-refractivity contribution is -0.112. The van der Waals surface area contributed by atoms with Crippen molar-refractivity contribution >= 4 is 29.3 Å². The number of rotatable bonds is 4. The summed E-state index contributed by atoms with van der Waals surface area (Å²) >= 11 is 6.09. The number of carbonyl (C=O) groups excluding carboxylic acids is 1. The largest absolute Gasteiger partial charge is 0.321 e. The fourth-order valence-electron chi connectivity index (χ4n) is 3.09. The number of nitrogens with one attached hydrogen (secondary N) is 1. The Balaban J connectivity index is 1.92. The highest BCUT2D eigenvalue weighted by Crippen LogP contribution is 2.24. The minimum atomic E-state index is -0.515. The van der Waals surface area contributed by atoms with E-state index in [2.05, 4.69) is 5.32 Å². The first-order chi connectivity index (χ1) is 13.8. The minimum Gasteiger partial charge on any atom is -0.321 e. The molecular formula is C23H19ClFN3O. The van der Waals surface area contributed by atoms with Crippen molar-refractivity contribution in [2.24, 2.45) is 0 Å². The Morgan fingerprint density at radius 2 is 1.83 bits per heavy atom. The van der Waals surface area contributed by atoms with Gasteiger partial charge in [0.2, 0.25) is 0 Å². The van der Waals surface area contributed by atoms with E-state index in [0.29, 0.717) is 10.7 Å². The maximum Gasteiger partial charge on any atom is 0.266 e. The monoisotopic (exact) mass is 407 g/mol. The summed E-state index contributed by atoms with van der Waals surface area (Å²) in [6.07, 6.45) is 1.55. The normalized spacial score (nSPS) is 11.2. The fraction of sp³-hybridized carbons (Fsp3) is 0.130. The number of nitriles is 1. The number of amides is 1. The molecule has 0 aliphatic carbocycles. The van der Waals surface area contributed by atoms with Gasteiger partial charge in [0.25, 0.3) is 5.91 Å². The minimum absolute atomic E-state index is 0.0268. The zero-order valence-electron chi connectivity index (χ0n) is 16.3. The van der Waals surface area contributed by atoms with Crippen LogP contribution in [-0.2, 0) is 4.79 Å². The van der Waals surface area contributed by atoms with E-state index >= 15 is 0 Å². The van der Waals surface area contributed by atoms with Gasteiger partial charge in [-0.25, -0.2) is 4.39 Å². The van der Waals surface area contributed by atoms with Gasteiger partial charge in [-0.2, -0.15) is 5.26 Å². The van der Waals surface area contributed by atoms with Crippen molar-refractivity contribution < 1.29 is 9.18 Å². The number of hydrogen-bond donors (Lipinski definition) is 1. The SMILES string of the molecule is Cc1ccc(NC(=O)/C(C#N)=C/c2cc(C)n(-c3ccc(F)cc3)c2C)cc1Cl. The highest BCUT2D eigenvalue weighted by Gasteiger charge is 2.14. The summed E-state index contributed by atoms with van der Waals surface area (Å²) in [6, 6.07) is 15.2. The molecule has 0 unspecified atom stereocenters. The van der Waals surface area contributed by atoms with Gasteiger partial charge in [0, 0.05) is 27.8 Å². The van der Waals surface area contributed by atoms with Crippen LogP contribution in [0.25, 0.3) is 11.8 Å². The van der Waals surface area contributed by atoms with Gasteiger partial charge in [-0.05, 0) is 80.4 Å². The molecule has 146 valence electrons. The summed E-state index contributed by atoms with van der Waals surface area (Å²) < 4.78 is 15.2. The third-order valence-corrected chi connectivity index (χ3v) is 5.06. The molecule has 0 saturated carbocycles. The van der Waals surface area contributed by atoms with Gasteiger partial charge in [-0.3, -0.25) is 4.79 Å². The summed E-state index contributed by atoms with van der Waals surface area (Å²) in [5, 5.41) is 12.7. The third-order valence-electron chi connectivity index (χ3n) is 4.65. The lowest BCUT2D eigenvalue weighted by Crippen LogP contribution is -2.13. The van der Waals surface area contributed by atoms with Crippen molar-refractivity contribution in [2.75, 3.05) is 5.32 Å². The molecule has 1 aromatic heterocycles. The molecule has 0 atom stereocenters. The van der Waals surface area contributed by atoms with E-state index < -0.39 is 5.91 Å². The predicted molar refractivity (Wildman–Crippen MR) is 114 cm³/mol. The van der Waals surface area contributed by atoms with Crippen molar-refractivity contribution in [2.45, 2.75) is 20.8 Å². The smallest absolute Gasteiger partial charge is 0.266 e. The molecule has 2 aromatic carbocycles.